The first-order valence-corrected chi connectivity index (χ1v) is 9.88. The van der Waals surface area contributed by atoms with Crippen molar-refractivity contribution in [2.24, 2.45) is 0 Å². The number of rotatable bonds is 4. The zero-order valence-electron chi connectivity index (χ0n) is 15.0. The molecule has 0 atom stereocenters. The van der Waals surface area contributed by atoms with E-state index in [-0.39, 0.29) is 11.5 Å². The van der Waals surface area contributed by atoms with Gasteiger partial charge in [0.15, 0.2) is 11.5 Å². The van der Waals surface area contributed by atoms with Gasteiger partial charge in [0.2, 0.25) is 0 Å². The highest BCUT2D eigenvalue weighted by Crippen LogP contribution is 2.33. The number of fused-ring (bicyclic) bond motifs is 2. The lowest BCUT2D eigenvalue weighted by Crippen LogP contribution is -2.18. The van der Waals surface area contributed by atoms with Crippen LogP contribution >= 0.6 is 0 Å². The van der Waals surface area contributed by atoms with Gasteiger partial charge in [-0.1, -0.05) is 72.8 Å². The van der Waals surface area contributed by atoms with Gasteiger partial charge in [-0.2, -0.15) is 0 Å². The zero-order valence-corrected chi connectivity index (χ0v) is 15.8. The molecule has 0 radical (unpaired) electrons. The molecule has 0 aliphatic rings. The summed E-state index contributed by atoms with van der Waals surface area (Å²) >= 11 is 0. The van der Waals surface area contributed by atoms with Crippen LogP contribution in [0.5, 0.6) is 11.5 Å². The molecule has 0 unspecified atom stereocenters. The second-order valence-electron chi connectivity index (χ2n) is 6.44. The molecule has 0 aliphatic heterocycles. The third kappa shape index (κ3) is 3.34. The smallest absolute Gasteiger partial charge is 0.352 e. The van der Waals surface area contributed by atoms with Crippen molar-refractivity contribution in [2.45, 2.75) is 13.8 Å². The Labute approximate surface area is 158 Å². The van der Waals surface area contributed by atoms with Crippen LogP contribution < -0.4 is 8.37 Å². The Morgan fingerprint density at radius 3 is 1.44 bits per heavy atom. The van der Waals surface area contributed by atoms with Crippen LogP contribution in [0.2, 0.25) is 0 Å². The van der Waals surface area contributed by atoms with Gasteiger partial charge in [0, 0.05) is 10.8 Å². The van der Waals surface area contributed by atoms with E-state index in [9.17, 15) is 8.42 Å². The topological polar surface area (TPSA) is 52.6 Å². The fourth-order valence-electron chi connectivity index (χ4n) is 3.15. The molecular formula is C22H18O4S. The fraction of sp³-hybridized carbons (Fsp3) is 0.0909. The predicted octanol–water partition coefficient (Wildman–Crippen LogP) is 5.31. The lowest BCUT2D eigenvalue weighted by atomic mass is 10.1. The number of aryl methyl sites for hydroxylation is 2. The summed E-state index contributed by atoms with van der Waals surface area (Å²) in [5.41, 5.74) is 1.44. The summed E-state index contributed by atoms with van der Waals surface area (Å²) in [6, 6.07) is 22.5. The highest BCUT2D eigenvalue weighted by Gasteiger charge is 2.21. The zero-order chi connectivity index (χ0) is 19.0. The minimum atomic E-state index is -4.32. The van der Waals surface area contributed by atoms with Gasteiger partial charge in [0.1, 0.15) is 0 Å². The Morgan fingerprint density at radius 1 is 0.593 bits per heavy atom. The standard InChI is InChI=1S/C22H18O4S/c1-15-11-13-17-7-3-5-9-19(17)21(15)25-27(23,24)26-22-16(2)12-14-18-8-4-6-10-20(18)22/h3-14H,1-2H3. The molecule has 4 rings (SSSR count). The largest absolute Gasteiger partial charge is 0.501 e. The maximum Gasteiger partial charge on any atom is 0.501 e. The van der Waals surface area contributed by atoms with E-state index in [2.05, 4.69) is 0 Å². The van der Waals surface area contributed by atoms with Crippen LogP contribution in [0.1, 0.15) is 11.1 Å². The predicted molar refractivity (Wildman–Crippen MR) is 108 cm³/mol. The van der Waals surface area contributed by atoms with Crippen molar-refractivity contribution in [1.29, 1.82) is 0 Å². The third-order valence-electron chi connectivity index (χ3n) is 4.52. The van der Waals surface area contributed by atoms with E-state index in [1.165, 1.54) is 0 Å². The van der Waals surface area contributed by atoms with Gasteiger partial charge >= 0.3 is 10.4 Å². The Balaban J connectivity index is 1.77. The first kappa shape index (κ1) is 17.4. The van der Waals surface area contributed by atoms with Gasteiger partial charge < -0.3 is 8.37 Å². The van der Waals surface area contributed by atoms with Crippen molar-refractivity contribution < 1.29 is 16.8 Å². The van der Waals surface area contributed by atoms with E-state index in [0.29, 0.717) is 0 Å². The molecule has 0 spiro atoms. The molecular weight excluding hydrogens is 360 g/mol. The molecule has 0 heterocycles. The van der Waals surface area contributed by atoms with Crippen molar-refractivity contribution in [3.05, 3.63) is 83.9 Å². The average Bonchev–Trinajstić information content (AvgIpc) is 2.66. The lowest BCUT2D eigenvalue weighted by molar-refractivity contribution is 0.394. The molecule has 4 nitrogen and oxygen atoms in total. The van der Waals surface area contributed by atoms with Gasteiger partial charge in [0.05, 0.1) is 0 Å². The molecule has 5 heteroatoms. The first-order valence-electron chi connectivity index (χ1n) is 8.55. The monoisotopic (exact) mass is 378 g/mol. The molecule has 4 aromatic carbocycles. The second kappa shape index (κ2) is 6.59. The number of hydrogen-bond acceptors (Lipinski definition) is 4. The van der Waals surface area contributed by atoms with Crippen LogP contribution in [0.4, 0.5) is 0 Å². The minimum Gasteiger partial charge on any atom is -0.352 e. The molecule has 136 valence electrons. The summed E-state index contributed by atoms with van der Waals surface area (Å²) in [4.78, 5) is 0. The Kier molecular flexibility index (Phi) is 4.24. The number of benzene rings is 4. The molecule has 0 N–H and O–H groups in total. The molecule has 0 fully saturated rings. The fourth-order valence-corrected chi connectivity index (χ4v) is 4.03. The van der Waals surface area contributed by atoms with E-state index in [1.54, 1.807) is 13.8 Å². The molecule has 0 saturated carbocycles. The highest BCUT2D eigenvalue weighted by atomic mass is 32.3. The van der Waals surface area contributed by atoms with E-state index in [1.807, 2.05) is 72.8 Å². The summed E-state index contributed by atoms with van der Waals surface area (Å²) in [5, 5.41) is 3.24. The van der Waals surface area contributed by atoms with Gasteiger partial charge in [0.25, 0.3) is 0 Å². The minimum absolute atomic E-state index is 0.283. The number of hydrogen-bond donors (Lipinski definition) is 0. The van der Waals surface area contributed by atoms with Gasteiger partial charge in [-0.25, -0.2) is 0 Å². The normalized spacial score (nSPS) is 11.6. The SMILES string of the molecule is Cc1ccc2ccccc2c1OS(=O)(=O)Oc1c(C)ccc2ccccc12. The van der Waals surface area contributed by atoms with Crippen LogP contribution in [0, 0.1) is 13.8 Å². The summed E-state index contributed by atoms with van der Waals surface area (Å²) in [5.74, 6) is 0.567. The summed E-state index contributed by atoms with van der Waals surface area (Å²) in [6.07, 6.45) is 0. The third-order valence-corrected chi connectivity index (χ3v) is 5.27. The highest BCUT2D eigenvalue weighted by molar-refractivity contribution is 7.82. The molecule has 0 aliphatic carbocycles. The molecule has 27 heavy (non-hydrogen) atoms. The van der Waals surface area contributed by atoms with Crippen molar-refractivity contribution in [1.82, 2.24) is 0 Å². The Bertz CT molecular complexity index is 1170. The molecule has 0 amide bonds. The van der Waals surface area contributed by atoms with E-state index < -0.39 is 10.4 Å². The quantitative estimate of drug-likeness (QED) is 0.483. The van der Waals surface area contributed by atoms with Crippen molar-refractivity contribution in [3.63, 3.8) is 0 Å². The van der Waals surface area contributed by atoms with Gasteiger partial charge in [-0.3, -0.25) is 0 Å². The van der Waals surface area contributed by atoms with Crippen LogP contribution in [-0.4, -0.2) is 8.42 Å². The second-order valence-corrected chi connectivity index (χ2v) is 7.59. The first-order chi connectivity index (χ1) is 12.9. The van der Waals surface area contributed by atoms with Crippen LogP contribution in [0.3, 0.4) is 0 Å². The van der Waals surface area contributed by atoms with Gasteiger partial charge in [-0.15, -0.1) is 8.42 Å². The Morgan fingerprint density at radius 2 is 1.00 bits per heavy atom. The summed E-state index contributed by atoms with van der Waals surface area (Å²) in [6.45, 7) is 3.61. The van der Waals surface area contributed by atoms with Crippen molar-refractivity contribution in [3.8, 4) is 11.5 Å². The molecule has 0 aromatic heterocycles. The molecule has 0 saturated heterocycles. The lowest BCUT2D eigenvalue weighted by Gasteiger charge is -2.14. The maximum atomic E-state index is 12.7. The van der Waals surface area contributed by atoms with Crippen LogP contribution in [0.15, 0.2) is 72.8 Å². The molecule has 4 aromatic rings. The Hall–Kier alpha value is -3.05. The van der Waals surface area contributed by atoms with E-state index >= 15 is 0 Å². The summed E-state index contributed by atoms with van der Waals surface area (Å²) < 4.78 is 36.2. The van der Waals surface area contributed by atoms with Crippen molar-refractivity contribution >= 4 is 31.9 Å². The maximum absolute atomic E-state index is 12.7. The average molecular weight is 378 g/mol. The van der Waals surface area contributed by atoms with E-state index in [4.69, 9.17) is 8.37 Å². The van der Waals surface area contributed by atoms with Crippen LogP contribution in [-0.2, 0) is 10.4 Å². The van der Waals surface area contributed by atoms with Crippen molar-refractivity contribution in [2.75, 3.05) is 0 Å². The van der Waals surface area contributed by atoms with Crippen LogP contribution in [0.25, 0.3) is 21.5 Å². The summed E-state index contributed by atoms with van der Waals surface area (Å²) in [7, 11) is -4.32. The molecule has 0 bridgehead atoms. The van der Waals surface area contributed by atoms with E-state index in [0.717, 1.165) is 32.7 Å². The van der Waals surface area contributed by atoms with Gasteiger partial charge in [-0.05, 0) is 35.7 Å².